The molecule has 0 aliphatic carbocycles. The molecule has 1 heterocycles. The van der Waals surface area contributed by atoms with Crippen LogP contribution >= 0.6 is 45.8 Å². The van der Waals surface area contributed by atoms with Gasteiger partial charge < -0.3 is 9.47 Å². The van der Waals surface area contributed by atoms with Gasteiger partial charge in [-0.2, -0.15) is 5.10 Å². The minimum Gasteiger partial charge on any atom is -0.495 e. The van der Waals surface area contributed by atoms with E-state index in [9.17, 15) is 0 Å². The van der Waals surface area contributed by atoms with Crippen molar-refractivity contribution < 1.29 is 9.47 Å². The molecular formula is C16H13Cl2IN2O2. The molecule has 0 aliphatic heterocycles. The highest BCUT2D eigenvalue weighted by atomic mass is 127. The number of fused-ring (bicyclic) bond motifs is 1. The zero-order valence-electron chi connectivity index (χ0n) is 12.4. The van der Waals surface area contributed by atoms with Crippen LogP contribution in [0.5, 0.6) is 11.5 Å². The Morgan fingerprint density at radius 1 is 1.09 bits per heavy atom. The lowest BCUT2D eigenvalue weighted by Crippen LogP contribution is -1.97. The Labute approximate surface area is 157 Å². The number of aromatic nitrogens is 2. The minimum absolute atomic E-state index is 0.495. The van der Waals surface area contributed by atoms with Gasteiger partial charge in [-0.3, -0.25) is 5.10 Å². The van der Waals surface area contributed by atoms with Crippen LogP contribution < -0.4 is 9.47 Å². The van der Waals surface area contributed by atoms with Crippen LogP contribution in [-0.2, 0) is 6.42 Å². The van der Waals surface area contributed by atoms with Crippen molar-refractivity contribution in [2.45, 2.75) is 6.42 Å². The van der Waals surface area contributed by atoms with E-state index in [0.29, 0.717) is 28.0 Å². The van der Waals surface area contributed by atoms with E-state index in [1.165, 1.54) is 0 Å². The van der Waals surface area contributed by atoms with Gasteiger partial charge in [0.05, 0.1) is 29.8 Å². The number of ether oxygens (including phenoxy) is 2. The zero-order valence-corrected chi connectivity index (χ0v) is 16.1. The fourth-order valence-electron chi connectivity index (χ4n) is 2.43. The summed E-state index contributed by atoms with van der Waals surface area (Å²) < 4.78 is 11.6. The van der Waals surface area contributed by atoms with Crippen molar-refractivity contribution in [1.29, 1.82) is 0 Å². The zero-order chi connectivity index (χ0) is 16.6. The molecule has 120 valence electrons. The molecule has 1 N–H and O–H groups in total. The largest absolute Gasteiger partial charge is 0.495 e. The maximum atomic E-state index is 6.43. The number of hydrogen-bond acceptors (Lipinski definition) is 3. The molecule has 0 spiro atoms. The van der Waals surface area contributed by atoms with Gasteiger partial charge in [-0.1, -0.05) is 29.3 Å². The molecule has 3 rings (SSSR count). The Balaban J connectivity index is 2.06. The average Bonchev–Trinajstić information content (AvgIpc) is 2.92. The maximum absolute atomic E-state index is 6.43. The molecule has 0 unspecified atom stereocenters. The van der Waals surface area contributed by atoms with E-state index in [2.05, 4.69) is 32.8 Å². The van der Waals surface area contributed by atoms with Crippen molar-refractivity contribution in [1.82, 2.24) is 10.2 Å². The van der Waals surface area contributed by atoms with Gasteiger partial charge in [-0.15, -0.1) is 0 Å². The highest BCUT2D eigenvalue weighted by Gasteiger charge is 2.17. The molecule has 0 fully saturated rings. The number of halogens is 3. The van der Waals surface area contributed by atoms with Crippen molar-refractivity contribution in [2.75, 3.05) is 14.2 Å². The lowest BCUT2D eigenvalue weighted by molar-refractivity contribution is 0.394. The Morgan fingerprint density at radius 2 is 1.74 bits per heavy atom. The van der Waals surface area contributed by atoms with Gasteiger partial charge in [0.2, 0.25) is 0 Å². The van der Waals surface area contributed by atoms with E-state index < -0.39 is 0 Å². The average molecular weight is 463 g/mol. The smallest absolute Gasteiger partial charge is 0.141 e. The quantitative estimate of drug-likeness (QED) is 0.550. The summed E-state index contributed by atoms with van der Waals surface area (Å²) in [5.74, 6) is 1.08. The third-order valence-corrected chi connectivity index (χ3v) is 5.27. The van der Waals surface area contributed by atoms with Crippen LogP contribution in [0.15, 0.2) is 24.3 Å². The SMILES string of the molecule is COc1cc(OC)c(Cl)c(Cc2ccc3c(I)[nH]nc3c2)c1Cl. The highest BCUT2D eigenvalue weighted by molar-refractivity contribution is 14.1. The molecule has 0 saturated carbocycles. The van der Waals surface area contributed by atoms with Crippen molar-refractivity contribution in [3.8, 4) is 11.5 Å². The number of benzene rings is 2. The second-order valence-corrected chi connectivity index (χ2v) is 6.79. The van der Waals surface area contributed by atoms with Crippen LogP contribution in [0.4, 0.5) is 0 Å². The van der Waals surface area contributed by atoms with Crippen molar-refractivity contribution in [2.24, 2.45) is 0 Å². The molecule has 4 nitrogen and oxygen atoms in total. The molecular weight excluding hydrogens is 450 g/mol. The van der Waals surface area contributed by atoms with Gasteiger partial charge in [0.25, 0.3) is 0 Å². The van der Waals surface area contributed by atoms with Crippen LogP contribution in [-0.4, -0.2) is 24.4 Å². The number of H-pyrrole nitrogens is 1. The van der Waals surface area contributed by atoms with Crippen LogP contribution in [0.3, 0.4) is 0 Å². The summed E-state index contributed by atoms with van der Waals surface area (Å²) >= 11 is 15.1. The third kappa shape index (κ3) is 3.09. The van der Waals surface area contributed by atoms with Gasteiger partial charge in [-0.25, -0.2) is 0 Å². The van der Waals surface area contributed by atoms with Gasteiger partial charge in [0.1, 0.15) is 15.2 Å². The molecule has 0 aliphatic rings. The lowest BCUT2D eigenvalue weighted by Gasteiger charge is -2.14. The number of nitrogens with one attached hydrogen (secondary N) is 1. The topological polar surface area (TPSA) is 47.1 Å². The standard InChI is InChI=1S/C16H13Cl2IN2O2/c1-22-12-7-13(23-2)15(18)10(14(12)17)5-8-3-4-9-11(6-8)20-21-16(9)19/h3-4,6-7H,5H2,1-2H3,(H,20,21). The number of hydrogen-bond donors (Lipinski definition) is 1. The van der Waals surface area contributed by atoms with Crippen LogP contribution in [0.2, 0.25) is 10.0 Å². The molecule has 2 aromatic carbocycles. The second-order valence-electron chi connectivity index (χ2n) is 4.95. The molecule has 23 heavy (non-hydrogen) atoms. The summed E-state index contributed by atoms with van der Waals surface area (Å²) in [5, 5.41) is 9.34. The molecule has 1 aromatic heterocycles. The molecule has 7 heteroatoms. The van der Waals surface area contributed by atoms with Gasteiger partial charge in [-0.05, 0) is 40.3 Å². The normalized spacial score (nSPS) is 11.0. The van der Waals surface area contributed by atoms with Crippen LogP contribution in [0, 0.1) is 3.70 Å². The minimum atomic E-state index is 0.495. The fourth-order valence-corrected chi connectivity index (χ4v) is 3.64. The van der Waals surface area contributed by atoms with Crippen LogP contribution in [0.1, 0.15) is 11.1 Å². The maximum Gasteiger partial charge on any atom is 0.141 e. The van der Waals surface area contributed by atoms with Gasteiger partial charge in [0.15, 0.2) is 0 Å². The van der Waals surface area contributed by atoms with Crippen molar-refractivity contribution >= 4 is 56.7 Å². The van der Waals surface area contributed by atoms with E-state index >= 15 is 0 Å². The second kappa shape index (κ2) is 6.75. The summed E-state index contributed by atoms with van der Waals surface area (Å²) in [4.78, 5) is 0. The van der Waals surface area contributed by atoms with Crippen LogP contribution in [0.25, 0.3) is 10.9 Å². The molecule has 0 saturated heterocycles. The Hall–Kier alpha value is -1.18. The van der Waals surface area contributed by atoms with E-state index in [4.69, 9.17) is 32.7 Å². The predicted molar refractivity (Wildman–Crippen MR) is 101 cm³/mol. The van der Waals surface area contributed by atoms with E-state index in [0.717, 1.165) is 25.7 Å². The van der Waals surface area contributed by atoms with E-state index in [1.54, 1.807) is 20.3 Å². The Kier molecular flexibility index (Phi) is 4.89. The summed E-state index contributed by atoms with van der Waals surface area (Å²) in [7, 11) is 3.13. The van der Waals surface area contributed by atoms with E-state index in [-0.39, 0.29) is 0 Å². The van der Waals surface area contributed by atoms with Gasteiger partial charge in [0, 0.05) is 23.4 Å². The summed E-state index contributed by atoms with van der Waals surface area (Å²) in [6, 6.07) is 7.79. The molecule has 0 atom stereocenters. The molecule has 0 radical (unpaired) electrons. The fraction of sp³-hybridized carbons (Fsp3) is 0.188. The first-order valence-corrected chi connectivity index (χ1v) is 8.60. The van der Waals surface area contributed by atoms with E-state index in [1.807, 2.05) is 18.2 Å². The number of nitrogens with zero attached hydrogens (tertiary/aromatic N) is 1. The lowest BCUT2D eigenvalue weighted by atomic mass is 10.0. The molecule has 0 bridgehead atoms. The summed E-state index contributed by atoms with van der Waals surface area (Å²) in [6.45, 7) is 0. The molecule has 3 aromatic rings. The Bertz CT molecular complexity index is 852. The number of rotatable bonds is 4. The number of aromatic amines is 1. The van der Waals surface area contributed by atoms with Crippen molar-refractivity contribution in [3.05, 3.63) is 49.1 Å². The molecule has 0 amide bonds. The van der Waals surface area contributed by atoms with Gasteiger partial charge >= 0.3 is 0 Å². The first kappa shape index (κ1) is 16.7. The van der Waals surface area contributed by atoms with Crippen molar-refractivity contribution in [3.63, 3.8) is 0 Å². The summed E-state index contributed by atoms with van der Waals surface area (Å²) in [5.41, 5.74) is 2.74. The number of methoxy groups -OCH3 is 2. The first-order chi connectivity index (χ1) is 11.0. The highest BCUT2D eigenvalue weighted by Crippen LogP contribution is 2.41. The summed E-state index contributed by atoms with van der Waals surface area (Å²) in [6.07, 6.45) is 0.560. The Morgan fingerprint density at radius 3 is 2.35 bits per heavy atom. The monoisotopic (exact) mass is 462 g/mol. The predicted octanol–water partition coefficient (Wildman–Crippen LogP) is 5.08. The third-order valence-electron chi connectivity index (χ3n) is 3.62. The first-order valence-electron chi connectivity index (χ1n) is 6.76.